The number of carbonyl (C=O) groups excluding carboxylic acids is 2. The van der Waals surface area contributed by atoms with E-state index in [1.165, 1.54) is 13.8 Å². The summed E-state index contributed by atoms with van der Waals surface area (Å²) in [6.45, 7) is 2.91. The molecule has 14 heteroatoms. The van der Waals surface area contributed by atoms with Crippen LogP contribution in [0.4, 0.5) is 27.1 Å². The Kier molecular flexibility index (Phi) is 8.44. The molecule has 0 radical (unpaired) electrons. The quantitative estimate of drug-likeness (QED) is 0.207. The second-order valence-corrected chi connectivity index (χ2v) is 8.83. The highest BCUT2D eigenvalue weighted by Crippen LogP contribution is 2.42. The molecule has 30 heavy (non-hydrogen) atoms. The average molecular weight is 470 g/mol. The highest BCUT2D eigenvalue weighted by Gasteiger charge is 2.25. The van der Waals surface area contributed by atoms with Gasteiger partial charge in [0.2, 0.25) is 5.00 Å². The van der Waals surface area contributed by atoms with E-state index in [0.717, 1.165) is 35.3 Å². The topological polar surface area (TPSA) is 148 Å². The molecule has 0 aliphatic carbocycles. The maximum absolute atomic E-state index is 11.3. The molecule has 0 saturated heterocycles. The predicted molar refractivity (Wildman–Crippen MR) is 117 cm³/mol. The Labute approximate surface area is 182 Å². The summed E-state index contributed by atoms with van der Waals surface area (Å²) in [4.78, 5) is 44.7. The number of rotatable bonds is 9. The van der Waals surface area contributed by atoms with Gasteiger partial charge in [-0.05, 0) is 35.6 Å². The van der Waals surface area contributed by atoms with Gasteiger partial charge in [0, 0.05) is 19.5 Å². The number of thioether (sulfide) groups is 2. The molecule has 1 aromatic carbocycles. The molecule has 0 saturated carbocycles. The predicted octanol–water partition coefficient (Wildman–Crippen LogP) is 5.26. The van der Waals surface area contributed by atoms with Gasteiger partial charge in [0.1, 0.15) is 6.07 Å². The summed E-state index contributed by atoms with van der Waals surface area (Å²) in [5.41, 5.74) is 0.637. The summed E-state index contributed by atoms with van der Waals surface area (Å²) in [6.07, 6.45) is 0. The van der Waals surface area contributed by atoms with E-state index in [4.69, 9.17) is 0 Å². The number of nitro groups is 2. The first-order chi connectivity index (χ1) is 14.2. The number of anilines is 1. The maximum Gasteiger partial charge on any atom is 0.333 e. The first-order valence-electron chi connectivity index (χ1n) is 8.13. The van der Waals surface area contributed by atoms with E-state index in [9.17, 15) is 29.8 Å². The first kappa shape index (κ1) is 23.4. The van der Waals surface area contributed by atoms with Crippen LogP contribution in [0.15, 0.2) is 40.6 Å². The number of hydrogen-bond donors (Lipinski definition) is 0. The highest BCUT2D eigenvalue weighted by atomic mass is 32.2. The fourth-order valence-electron chi connectivity index (χ4n) is 2.01. The molecule has 0 aliphatic heterocycles. The van der Waals surface area contributed by atoms with Crippen LogP contribution in [0.2, 0.25) is 0 Å². The van der Waals surface area contributed by atoms with Crippen molar-refractivity contribution in [2.24, 2.45) is 10.2 Å². The van der Waals surface area contributed by atoms with Crippen LogP contribution in [0.1, 0.15) is 13.8 Å². The van der Waals surface area contributed by atoms with Gasteiger partial charge in [0.15, 0.2) is 10.2 Å². The summed E-state index contributed by atoms with van der Waals surface area (Å²) < 4.78 is 0. The van der Waals surface area contributed by atoms with E-state index in [1.54, 1.807) is 24.3 Å². The zero-order valence-electron chi connectivity index (χ0n) is 15.7. The fourth-order valence-corrected chi connectivity index (χ4v) is 4.04. The molecule has 0 spiro atoms. The van der Waals surface area contributed by atoms with Crippen molar-refractivity contribution in [1.29, 1.82) is 0 Å². The van der Waals surface area contributed by atoms with Crippen LogP contribution in [0, 0.1) is 20.2 Å². The van der Waals surface area contributed by atoms with E-state index in [1.807, 2.05) is 4.90 Å². The lowest BCUT2D eigenvalue weighted by molar-refractivity contribution is -0.389. The van der Waals surface area contributed by atoms with E-state index in [-0.39, 0.29) is 15.2 Å². The largest absolute Gasteiger partial charge is 0.352 e. The molecular weight excluding hydrogens is 454 g/mol. The van der Waals surface area contributed by atoms with Crippen LogP contribution in [0.5, 0.6) is 0 Å². The second kappa shape index (κ2) is 10.8. The minimum atomic E-state index is -0.752. The number of thiophene rings is 1. The van der Waals surface area contributed by atoms with Crippen molar-refractivity contribution in [1.82, 2.24) is 0 Å². The standard InChI is InChI=1S/C16H15N5O6S3/c1-10(22)28-8-19(9-29-11(2)23)13-5-3-12(4-6-13)17-18-16-14(20(24)25)7-15(30-16)21(26)27/h3-7H,8-9H2,1-2H3. The van der Waals surface area contributed by atoms with Crippen LogP contribution >= 0.6 is 34.9 Å². The number of hydrogen-bond acceptors (Lipinski definition) is 12. The fraction of sp³-hybridized carbons (Fsp3) is 0.250. The van der Waals surface area contributed by atoms with E-state index in [2.05, 4.69) is 10.2 Å². The Hall–Kier alpha value is -2.84. The Morgan fingerprint density at radius 1 is 1.00 bits per heavy atom. The lowest BCUT2D eigenvalue weighted by Gasteiger charge is -2.22. The van der Waals surface area contributed by atoms with Crippen LogP contribution in [0.25, 0.3) is 0 Å². The molecule has 2 aromatic rings. The number of carbonyl (C=O) groups is 2. The summed E-state index contributed by atoms with van der Waals surface area (Å²) in [5.74, 6) is 0.725. The minimum Gasteiger partial charge on any atom is -0.352 e. The molecule has 0 N–H and O–H groups in total. The van der Waals surface area contributed by atoms with Crippen molar-refractivity contribution in [3.8, 4) is 0 Å². The monoisotopic (exact) mass is 469 g/mol. The van der Waals surface area contributed by atoms with E-state index < -0.39 is 20.5 Å². The molecule has 1 heterocycles. The van der Waals surface area contributed by atoms with Gasteiger partial charge >= 0.3 is 10.7 Å². The van der Waals surface area contributed by atoms with Crippen molar-refractivity contribution in [3.05, 3.63) is 50.6 Å². The van der Waals surface area contributed by atoms with E-state index >= 15 is 0 Å². The second-order valence-electron chi connectivity index (χ2n) is 5.58. The molecule has 11 nitrogen and oxygen atoms in total. The number of azo groups is 1. The molecule has 0 atom stereocenters. The lowest BCUT2D eigenvalue weighted by atomic mass is 10.3. The van der Waals surface area contributed by atoms with Gasteiger partial charge in [-0.3, -0.25) is 29.8 Å². The van der Waals surface area contributed by atoms with Crippen LogP contribution in [0.3, 0.4) is 0 Å². The van der Waals surface area contributed by atoms with Crippen molar-refractivity contribution < 1.29 is 19.4 Å². The summed E-state index contributed by atoms with van der Waals surface area (Å²) >= 11 is 2.78. The van der Waals surface area contributed by atoms with Gasteiger partial charge < -0.3 is 4.90 Å². The van der Waals surface area contributed by atoms with E-state index in [0.29, 0.717) is 28.8 Å². The Morgan fingerprint density at radius 2 is 1.57 bits per heavy atom. The SMILES string of the molecule is CC(=O)SCN(CSC(C)=O)c1ccc(N=Nc2sc([N+](=O)[O-])cc2[N+](=O)[O-])cc1. The Balaban J connectivity index is 2.19. The zero-order chi connectivity index (χ0) is 22.3. The first-order valence-corrected chi connectivity index (χ1v) is 10.9. The van der Waals surface area contributed by atoms with Gasteiger partial charge in [-0.2, -0.15) is 0 Å². The van der Waals surface area contributed by atoms with Crippen LogP contribution in [-0.2, 0) is 9.59 Å². The minimum absolute atomic E-state index is 0.0510. The summed E-state index contributed by atoms with van der Waals surface area (Å²) in [5, 5.41) is 28.9. The van der Waals surface area contributed by atoms with Crippen LogP contribution in [-0.4, -0.2) is 31.8 Å². The Morgan fingerprint density at radius 3 is 2.03 bits per heavy atom. The third-order valence-corrected chi connectivity index (χ3v) is 6.03. The smallest absolute Gasteiger partial charge is 0.333 e. The number of nitrogens with zero attached hydrogens (tertiary/aromatic N) is 5. The summed E-state index contributed by atoms with van der Waals surface area (Å²) in [7, 11) is 0. The lowest BCUT2D eigenvalue weighted by Crippen LogP contribution is -2.23. The Bertz CT molecular complexity index is 974. The van der Waals surface area contributed by atoms with Crippen molar-refractivity contribution in [2.45, 2.75) is 13.8 Å². The molecule has 2 rings (SSSR count). The third-order valence-electron chi connectivity index (χ3n) is 3.38. The van der Waals surface area contributed by atoms with Crippen molar-refractivity contribution in [3.63, 3.8) is 0 Å². The molecule has 0 fully saturated rings. The van der Waals surface area contributed by atoms with Gasteiger partial charge in [-0.1, -0.05) is 23.5 Å². The van der Waals surface area contributed by atoms with Gasteiger partial charge in [0.05, 0.1) is 27.3 Å². The molecular formula is C16H15N5O6S3. The molecule has 0 bridgehead atoms. The average Bonchev–Trinajstić information content (AvgIpc) is 3.11. The van der Waals surface area contributed by atoms with Crippen molar-refractivity contribution in [2.75, 3.05) is 16.7 Å². The highest BCUT2D eigenvalue weighted by molar-refractivity contribution is 8.14. The zero-order valence-corrected chi connectivity index (χ0v) is 18.2. The normalized spacial score (nSPS) is 10.9. The van der Waals surface area contributed by atoms with Gasteiger partial charge in [-0.25, -0.2) is 0 Å². The van der Waals surface area contributed by atoms with Gasteiger partial charge in [-0.15, -0.1) is 10.2 Å². The number of benzene rings is 1. The molecule has 158 valence electrons. The summed E-state index contributed by atoms with van der Waals surface area (Å²) in [6, 6.07) is 7.48. The molecule has 1 aromatic heterocycles. The van der Waals surface area contributed by atoms with Crippen molar-refractivity contribution >= 4 is 72.2 Å². The molecule has 0 amide bonds. The third kappa shape index (κ3) is 6.89. The molecule has 0 unspecified atom stereocenters. The maximum atomic E-state index is 11.3. The molecule has 0 aliphatic rings. The van der Waals surface area contributed by atoms with Crippen LogP contribution < -0.4 is 4.90 Å². The van der Waals surface area contributed by atoms with Gasteiger partial charge in [0.25, 0.3) is 0 Å².